The van der Waals surface area contributed by atoms with Crippen molar-refractivity contribution < 1.29 is 22.7 Å². The highest BCUT2D eigenvalue weighted by Crippen LogP contribution is 2.33. The molecule has 0 saturated carbocycles. The zero-order valence-electron chi connectivity index (χ0n) is 15.5. The third-order valence-corrected chi connectivity index (χ3v) is 4.37. The predicted molar refractivity (Wildman–Crippen MR) is 101 cm³/mol. The molecule has 0 unspecified atom stereocenters. The number of amidine groups is 1. The molecule has 0 aromatic heterocycles. The monoisotopic (exact) mass is 391 g/mol. The molecule has 2 aromatic carbocycles. The molecule has 1 heterocycles. The first-order valence-corrected chi connectivity index (χ1v) is 8.86. The van der Waals surface area contributed by atoms with E-state index in [2.05, 4.69) is 10.5 Å². The number of carbonyl (C=O) groups excluding carboxylic acids is 1. The number of rotatable bonds is 3. The van der Waals surface area contributed by atoms with E-state index in [1.165, 1.54) is 12.1 Å². The van der Waals surface area contributed by atoms with E-state index in [4.69, 9.17) is 4.74 Å². The Kier molecular flexibility index (Phi) is 5.58. The van der Waals surface area contributed by atoms with Crippen molar-refractivity contribution >= 4 is 23.2 Å². The van der Waals surface area contributed by atoms with Crippen LogP contribution in [0.1, 0.15) is 25.0 Å². The van der Waals surface area contributed by atoms with E-state index in [0.717, 1.165) is 29.8 Å². The first-order valence-electron chi connectivity index (χ1n) is 8.86. The van der Waals surface area contributed by atoms with Crippen LogP contribution in [0.5, 0.6) is 0 Å². The molecule has 8 heteroatoms. The van der Waals surface area contributed by atoms with Crippen LogP contribution in [0.15, 0.2) is 53.6 Å². The van der Waals surface area contributed by atoms with E-state index < -0.39 is 17.7 Å². The molecule has 28 heavy (non-hydrogen) atoms. The molecule has 1 aliphatic heterocycles. The lowest BCUT2D eigenvalue weighted by Gasteiger charge is -2.25. The average Bonchev–Trinajstić information content (AvgIpc) is 2.98. The first-order chi connectivity index (χ1) is 13.3. The summed E-state index contributed by atoms with van der Waals surface area (Å²) in [6.07, 6.45) is -3.74. The molecule has 3 rings (SSSR count). The number of fused-ring (bicyclic) bond motifs is 1. The second-order valence-electron chi connectivity index (χ2n) is 6.40. The zero-order chi connectivity index (χ0) is 20.3. The van der Waals surface area contributed by atoms with Gasteiger partial charge in [0.15, 0.2) is 0 Å². The number of nitrogens with zero attached hydrogens (tertiary/aromatic N) is 2. The Balaban J connectivity index is 1.94. The molecule has 1 N–H and O–H groups in total. The predicted octanol–water partition coefficient (Wildman–Crippen LogP) is 4.45. The molecule has 0 bridgehead atoms. The molecular weight excluding hydrogens is 371 g/mol. The van der Waals surface area contributed by atoms with Gasteiger partial charge in [-0.2, -0.15) is 13.2 Å². The number of esters is 1. The number of alkyl halides is 3. The molecule has 0 saturated heterocycles. The van der Waals surface area contributed by atoms with E-state index >= 15 is 0 Å². The number of ether oxygens (including phenoxy) is 1. The Labute approximate surface area is 160 Å². The summed E-state index contributed by atoms with van der Waals surface area (Å²) in [5, 5.41) is 4.12. The lowest BCUT2D eigenvalue weighted by atomic mass is 10.1. The number of hydrogen-bond donors (Lipinski definition) is 1. The van der Waals surface area contributed by atoms with Crippen LogP contribution in [-0.4, -0.2) is 24.5 Å². The van der Waals surface area contributed by atoms with Crippen molar-refractivity contribution in [1.29, 1.82) is 0 Å². The Bertz CT molecular complexity index is 896. The Hall–Kier alpha value is -3.03. The summed E-state index contributed by atoms with van der Waals surface area (Å²) in [6, 6.07) is 12.2. The lowest BCUT2D eigenvalue weighted by molar-refractivity contribution is -0.137. The van der Waals surface area contributed by atoms with E-state index in [1.807, 2.05) is 31.2 Å². The molecule has 1 aliphatic rings. The van der Waals surface area contributed by atoms with Gasteiger partial charge in [-0.1, -0.05) is 24.3 Å². The molecule has 1 atom stereocenters. The van der Waals surface area contributed by atoms with Crippen LogP contribution in [0.2, 0.25) is 0 Å². The summed E-state index contributed by atoms with van der Waals surface area (Å²) in [7, 11) is 0. The Morgan fingerprint density at radius 3 is 2.71 bits per heavy atom. The molecule has 0 amide bonds. The highest BCUT2D eigenvalue weighted by molar-refractivity contribution is 6.41. The molecule has 5 nitrogen and oxygen atoms in total. The number of nitrogens with one attached hydrogen (secondary N) is 1. The van der Waals surface area contributed by atoms with Gasteiger partial charge in [-0.25, -0.2) is 4.79 Å². The Morgan fingerprint density at radius 2 is 2.00 bits per heavy atom. The van der Waals surface area contributed by atoms with Gasteiger partial charge in [0.25, 0.3) is 0 Å². The van der Waals surface area contributed by atoms with Crippen LogP contribution < -0.4 is 10.3 Å². The van der Waals surface area contributed by atoms with E-state index in [1.54, 1.807) is 11.8 Å². The number of benzene rings is 2. The highest BCUT2D eigenvalue weighted by atomic mass is 19.4. The van der Waals surface area contributed by atoms with Gasteiger partial charge in [0, 0.05) is 11.7 Å². The van der Waals surface area contributed by atoms with E-state index in [-0.39, 0.29) is 24.2 Å². The first kappa shape index (κ1) is 19.7. The third-order valence-electron chi connectivity index (χ3n) is 4.37. The smallest absolute Gasteiger partial charge is 0.416 e. The zero-order valence-corrected chi connectivity index (χ0v) is 15.5. The summed E-state index contributed by atoms with van der Waals surface area (Å²) < 4.78 is 43.8. The standard InChI is InChI=1S/C20H20F3N3O2/c1-3-28-19(27)18(26-13(2)11-14-7-4-5-10-17(14)26)25-24-16-9-6-8-15(12-16)20(21,22)23/h4-10,12-13,24H,3,11H2,1-2H3/b25-18+/t13-/m0/s1. The molecule has 0 radical (unpaired) electrons. The van der Waals surface area contributed by atoms with Crippen molar-refractivity contribution in [2.75, 3.05) is 16.9 Å². The average molecular weight is 391 g/mol. The number of anilines is 2. The molecule has 0 fully saturated rings. The van der Waals surface area contributed by atoms with Gasteiger partial charge in [-0.3, -0.25) is 5.43 Å². The van der Waals surface area contributed by atoms with Crippen LogP contribution in [0.25, 0.3) is 0 Å². The number of halogens is 3. The summed E-state index contributed by atoms with van der Waals surface area (Å²) in [4.78, 5) is 14.3. The minimum absolute atomic E-state index is 0.00304. The minimum atomic E-state index is -4.46. The van der Waals surface area contributed by atoms with Crippen LogP contribution in [0.4, 0.5) is 24.5 Å². The van der Waals surface area contributed by atoms with Gasteiger partial charge in [-0.05, 0) is 50.1 Å². The molecular formula is C20H20F3N3O2. The van der Waals surface area contributed by atoms with Crippen LogP contribution in [0.3, 0.4) is 0 Å². The van der Waals surface area contributed by atoms with Crippen molar-refractivity contribution in [2.45, 2.75) is 32.5 Å². The molecule has 0 aliphatic carbocycles. The fourth-order valence-electron chi connectivity index (χ4n) is 3.16. The van der Waals surface area contributed by atoms with Gasteiger partial charge in [0.05, 0.1) is 17.9 Å². The molecule has 148 valence electrons. The number of para-hydroxylation sites is 1. The molecule has 0 spiro atoms. The summed E-state index contributed by atoms with van der Waals surface area (Å²) >= 11 is 0. The summed E-state index contributed by atoms with van der Waals surface area (Å²) in [5.41, 5.74) is 3.78. The van der Waals surface area contributed by atoms with Crippen LogP contribution in [0, 0.1) is 0 Å². The van der Waals surface area contributed by atoms with Crippen molar-refractivity contribution in [3.05, 3.63) is 59.7 Å². The second-order valence-corrected chi connectivity index (χ2v) is 6.40. The van der Waals surface area contributed by atoms with Gasteiger partial charge >= 0.3 is 12.1 Å². The van der Waals surface area contributed by atoms with Crippen molar-refractivity contribution in [3.63, 3.8) is 0 Å². The normalized spacial score (nSPS) is 16.7. The number of hydrogen-bond acceptors (Lipinski definition) is 4. The summed E-state index contributed by atoms with van der Waals surface area (Å²) in [6.45, 7) is 3.78. The topological polar surface area (TPSA) is 53.9 Å². The lowest BCUT2D eigenvalue weighted by Crippen LogP contribution is -2.42. The largest absolute Gasteiger partial charge is 0.460 e. The second kappa shape index (κ2) is 7.92. The minimum Gasteiger partial charge on any atom is -0.460 e. The third kappa shape index (κ3) is 4.11. The quantitative estimate of drug-likeness (QED) is 0.364. The number of hydrazone groups is 1. The van der Waals surface area contributed by atoms with Gasteiger partial charge in [0.2, 0.25) is 5.84 Å². The number of carbonyl (C=O) groups is 1. The van der Waals surface area contributed by atoms with Crippen molar-refractivity contribution in [1.82, 2.24) is 0 Å². The van der Waals surface area contributed by atoms with Gasteiger partial charge < -0.3 is 9.64 Å². The maximum absolute atomic E-state index is 12.9. The van der Waals surface area contributed by atoms with E-state index in [0.29, 0.717) is 0 Å². The van der Waals surface area contributed by atoms with Crippen LogP contribution in [-0.2, 0) is 22.1 Å². The van der Waals surface area contributed by atoms with Crippen molar-refractivity contribution in [3.8, 4) is 0 Å². The SMILES string of the molecule is CCOC(=O)/C(=N\Nc1cccc(C(F)(F)F)c1)N1c2ccccc2C[C@@H]1C. The van der Waals surface area contributed by atoms with Gasteiger partial charge in [-0.15, -0.1) is 5.10 Å². The fourth-order valence-corrected chi connectivity index (χ4v) is 3.16. The molecule has 2 aromatic rings. The fraction of sp³-hybridized carbons (Fsp3) is 0.300. The van der Waals surface area contributed by atoms with Crippen molar-refractivity contribution in [2.24, 2.45) is 5.10 Å². The summed E-state index contributed by atoms with van der Waals surface area (Å²) in [5.74, 6) is -0.651. The highest BCUT2D eigenvalue weighted by Gasteiger charge is 2.34. The maximum Gasteiger partial charge on any atom is 0.416 e. The van der Waals surface area contributed by atoms with Crippen LogP contribution >= 0.6 is 0 Å². The Morgan fingerprint density at radius 1 is 1.25 bits per heavy atom. The van der Waals surface area contributed by atoms with E-state index in [9.17, 15) is 18.0 Å². The maximum atomic E-state index is 12.9. The van der Waals surface area contributed by atoms with Gasteiger partial charge in [0.1, 0.15) is 0 Å².